The van der Waals surface area contributed by atoms with E-state index in [1.54, 1.807) is 24.3 Å². The van der Waals surface area contributed by atoms with Gasteiger partial charge in [0.1, 0.15) is 6.61 Å². The van der Waals surface area contributed by atoms with Crippen LogP contribution in [0.25, 0.3) is 0 Å². The van der Waals surface area contributed by atoms with Crippen LogP contribution in [0.3, 0.4) is 0 Å². The van der Waals surface area contributed by atoms with Gasteiger partial charge in [-0.1, -0.05) is 50.6 Å². The smallest absolute Gasteiger partial charge is 0.338 e. The fourth-order valence-electron chi connectivity index (χ4n) is 8.65. The number of nitrogens with zero attached hydrogens (tertiary/aromatic N) is 1. The minimum atomic E-state index is -0.929. The van der Waals surface area contributed by atoms with Crippen LogP contribution in [0.1, 0.15) is 62.4 Å². The van der Waals surface area contributed by atoms with Gasteiger partial charge in [-0.2, -0.15) is 0 Å². The molecule has 9 nitrogen and oxygen atoms in total. The van der Waals surface area contributed by atoms with Gasteiger partial charge in [0, 0.05) is 17.3 Å². The van der Waals surface area contributed by atoms with E-state index < -0.39 is 35.8 Å². The summed E-state index contributed by atoms with van der Waals surface area (Å²) in [5.41, 5.74) is 0.697. The van der Waals surface area contributed by atoms with Crippen molar-refractivity contribution in [2.75, 3.05) is 6.61 Å². The van der Waals surface area contributed by atoms with Crippen LogP contribution in [-0.4, -0.2) is 40.4 Å². The summed E-state index contributed by atoms with van der Waals surface area (Å²) in [6.07, 6.45) is 7.70. The molecule has 0 spiro atoms. The zero-order chi connectivity index (χ0) is 28.1. The van der Waals surface area contributed by atoms with Crippen molar-refractivity contribution in [1.82, 2.24) is 0 Å². The molecule has 9 heteroatoms. The second-order valence-corrected chi connectivity index (χ2v) is 12.2. The standard InChI is InChI=1S/C30H35NO8/c1-17-12-23-22-9-8-19-13-20(32)10-11-29(19,2)27(22)24(33)14-30(23,3)26(17)25(34)16-38-28(35)21-7-5-4-6-18(21)15-39-31(36)37/h4-7,10-11,13,17,22-24,26-27,33H,8-9,12,14-16H2,1-3H3. The zero-order valence-corrected chi connectivity index (χ0v) is 22.5. The average Bonchev–Trinajstić information content (AvgIpc) is 3.15. The highest BCUT2D eigenvalue weighted by molar-refractivity contribution is 6.01. The number of benzene rings is 1. The van der Waals surface area contributed by atoms with Crippen LogP contribution >= 0.6 is 0 Å². The molecule has 208 valence electrons. The number of aliphatic hydroxyl groups excluding tert-OH is 1. The van der Waals surface area contributed by atoms with Crippen LogP contribution in [0, 0.1) is 50.5 Å². The summed E-state index contributed by atoms with van der Waals surface area (Å²) in [4.78, 5) is 53.5. The van der Waals surface area contributed by atoms with E-state index in [1.165, 1.54) is 12.1 Å². The summed E-state index contributed by atoms with van der Waals surface area (Å²) in [6, 6.07) is 6.27. The first-order valence-corrected chi connectivity index (χ1v) is 13.6. The number of hydrogen-bond acceptors (Lipinski definition) is 8. The Kier molecular flexibility index (Phi) is 6.99. The first kappa shape index (κ1) is 27.2. The van der Waals surface area contributed by atoms with E-state index >= 15 is 0 Å². The predicted octanol–water partition coefficient (Wildman–Crippen LogP) is 4.26. The molecule has 0 radical (unpaired) electrons. The van der Waals surface area contributed by atoms with Crippen molar-refractivity contribution in [1.29, 1.82) is 0 Å². The molecule has 3 saturated carbocycles. The van der Waals surface area contributed by atoms with Crippen LogP contribution < -0.4 is 0 Å². The van der Waals surface area contributed by atoms with Gasteiger partial charge in [0.25, 0.3) is 5.09 Å². The highest BCUT2D eigenvalue weighted by atomic mass is 16.9. The highest BCUT2D eigenvalue weighted by Crippen LogP contribution is 2.67. The second kappa shape index (κ2) is 10.0. The van der Waals surface area contributed by atoms with Crippen molar-refractivity contribution in [2.24, 2.45) is 40.4 Å². The predicted molar refractivity (Wildman–Crippen MR) is 140 cm³/mol. The Morgan fingerprint density at radius 3 is 2.72 bits per heavy atom. The van der Waals surface area contributed by atoms with E-state index in [2.05, 4.69) is 25.6 Å². The number of allylic oxidation sites excluding steroid dienone is 4. The Morgan fingerprint density at radius 1 is 1.23 bits per heavy atom. The molecular weight excluding hydrogens is 502 g/mol. The van der Waals surface area contributed by atoms with Gasteiger partial charge >= 0.3 is 5.97 Å². The van der Waals surface area contributed by atoms with Crippen molar-refractivity contribution in [3.05, 3.63) is 69.3 Å². The third kappa shape index (κ3) is 4.60. The molecule has 4 aliphatic carbocycles. The normalized spacial score (nSPS) is 36.7. The molecule has 5 rings (SSSR count). The SMILES string of the molecule is CC1CC2C3CCC4=CC(=O)C=CC4(C)C3C(O)CC2(C)C1C(=O)COC(=O)c1ccccc1CO[N+](=O)[O-]. The number of ether oxygens (including phenoxy) is 1. The minimum absolute atomic E-state index is 0.00121. The third-order valence-corrected chi connectivity index (χ3v) is 10.1. The Labute approximate surface area is 227 Å². The van der Waals surface area contributed by atoms with Crippen molar-refractivity contribution in [3.8, 4) is 0 Å². The van der Waals surface area contributed by atoms with Crippen LogP contribution in [0.2, 0.25) is 0 Å². The Hall–Kier alpha value is -3.33. The Morgan fingerprint density at radius 2 is 1.97 bits per heavy atom. The lowest BCUT2D eigenvalue weighted by Crippen LogP contribution is -2.56. The molecule has 8 unspecified atom stereocenters. The number of hydrogen-bond donors (Lipinski definition) is 1. The van der Waals surface area contributed by atoms with Crippen LogP contribution in [-0.2, 0) is 25.8 Å². The van der Waals surface area contributed by atoms with E-state index in [0.717, 1.165) is 24.8 Å². The molecule has 0 aromatic heterocycles. The maximum Gasteiger partial charge on any atom is 0.338 e. The number of rotatable bonds is 7. The maximum absolute atomic E-state index is 13.6. The monoisotopic (exact) mass is 537 g/mol. The fraction of sp³-hybridized carbons (Fsp3) is 0.567. The van der Waals surface area contributed by atoms with E-state index in [9.17, 15) is 29.6 Å². The van der Waals surface area contributed by atoms with Gasteiger partial charge in [-0.25, -0.2) is 4.79 Å². The van der Waals surface area contributed by atoms with E-state index in [-0.39, 0.29) is 52.1 Å². The molecule has 0 bridgehead atoms. The van der Waals surface area contributed by atoms with E-state index in [1.807, 2.05) is 6.08 Å². The molecule has 4 aliphatic rings. The molecule has 0 amide bonds. The van der Waals surface area contributed by atoms with Gasteiger partial charge in [0.2, 0.25) is 0 Å². The minimum Gasteiger partial charge on any atom is -0.454 e. The van der Waals surface area contributed by atoms with Gasteiger partial charge in [-0.05, 0) is 72.6 Å². The first-order chi connectivity index (χ1) is 18.5. The van der Waals surface area contributed by atoms with Crippen LogP contribution in [0.15, 0.2) is 48.1 Å². The number of Topliss-reactive ketones (excluding diaryl/α,β-unsaturated/α-hetero) is 1. The van der Waals surface area contributed by atoms with Crippen LogP contribution in [0.4, 0.5) is 0 Å². The maximum atomic E-state index is 13.6. The Balaban J connectivity index is 1.32. The summed E-state index contributed by atoms with van der Waals surface area (Å²) >= 11 is 0. The number of carbonyl (C=O) groups is 3. The van der Waals surface area contributed by atoms with E-state index in [0.29, 0.717) is 12.0 Å². The van der Waals surface area contributed by atoms with Gasteiger partial charge in [0.05, 0.1) is 11.7 Å². The molecule has 1 N–H and O–H groups in total. The highest BCUT2D eigenvalue weighted by Gasteiger charge is 2.64. The van der Waals surface area contributed by atoms with Gasteiger partial charge in [-0.3, -0.25) is 9.59 Å². The number of carbonyl (C=O) groups excluding carboxylic acids is 3. The summed E-state index contributed by atoms with van der Waals surface area (Å²) in [7, 11) is 0. The quantitative estimate of drug-likeness (QED) is 0.310. The van der Waals surface area contributed by atoms with Crippen molar-refractivity contribution in [3.63, 3.8) is 0 Å². The summed E-state index contributed by atoms with van der Waals surface area (Å²) in [6.45, 7) is 5.49. The van der Waals surface area contributed by atoms with Crippen molar-refractivity contribution >= 4 is 17.5 Å². The molecule has 1 aromatic carbocycles. The lowest BCUT2D eigenvalue weighted by atomic mass is 9.46. The third-order valence-electron chi connectivity index (χ3n) is 10.1. The molecule has 3 fully saturated rings. The summed E-state index contributed by atoms with van der Waals surface area (Å²) in [5, 5.41) is 21.2. The first-order valence-electron chi connectivity index (χ1n) is 13.6. The van der Waals surface area contributed by atoms with E-state index in [4.69, 9.17) is 4.74 Å². The zero-order valence-electron chi connectivity index (χ0n) is 22.5. The number of fused-ring (bicyclic) bond motifs is 5. The fourth-order valence-corrected chi connectivity index (χ4v) is 8.65. The number of aliphatic hydroxyl groups is 1. The topological polar surface area (TPSA) is 133 Å². The number of ketones is 2. The molecule has 0 saturated heterocycles. The van der Waals surface area contributed by atoms with Gasteiger partial charge < -0.3 is 14.7 Å². The average molecular weight is 538 g/mol. The van der Waals surface area contributed by atoms with Gasteiger partial charge in [-0.15, -0.1) is 10.1 Å². The molecule has 0 aliphatic heterocycles. The molecule has 1 aromatic rings. The second-order valence-electron chi connectivity index (χ2n) is 12.2. The van der Waals surface area contributed by atoms with Crippen LogP contribution in [0.5, 0.6) is 0 Å². The van der Waals surface area contributed by atoms with Crippen molar-refractivity contribution < 1.29 is 34.2 Å². The largest absolute Gasteiger partial charge is 0.454 e. The lowest BCUT2D eigenvalue weighted by Gasteiger charge is -2.58. The lowest BCUT2D eigenvalue weighted by molar-refractivity contribution is -0.763. The molecule has 0 heterocycles. The Bertz CT molecular complexity index is 1270. The molecular formula is C30H35NO8. The molecule has 8 atom stereocenters. The summed E-state index contributed by atoms with van der Waals surface area (Å²) < 4.78 is 5.43. The number of esters is 1. The molecule has 39 heavy (non-hydrogen) atoms. The van der Waals surface area contributed by atoms with Gasteiger partial charge in [0.15, 0.2) is 18.2 Å². The summed E-state index contributed by atoms with van der Waals surface area (Å²) in [5.74, 6) is -0.782. The van der Waals surface area contributed by atoms with Crippen molar-refractivity contribution in [2.45, 2.75) is 59.2 Å².